The molecule has 0 radical (unpaired) electrons. The Bertz CT molecular complexity index is 1040. The highest BCUT2D eigenvalue weighted by Gasteiger charge is 2.28. The molecule has 2 heterocycles. The van der Waals surface area contributed by atoms with Crippen LogP contribution >= 0.6 is 0 Å². The van der Waals surface area contributed by atoms with E-state index in [1.165, 1.54) is 11.1 Å². The third-order valence-corrected chi connectivity index (χ3v) is 4.95. The summed E-state index contributed by atoms with van der Waals surface area (Å²) in [6.07, 6.45) is 1.76. The van der Waals surface area contributed by atoms with Gasteiger partial charge in [0.15, 0.2) is 5.82 Å². The predicted octanol–water partition coefficient (Wildman–Crippen LogP) is 3.93. The molecule has 28 heavy (non-hydrogen) atoms. The molecule has 0 bridgehead atoms. The molecule has 0 atom stereocenters. The molecule has 4 rings (SSSR count). The monoisotopic (exact) mass is 368 g/mol. The Morgan fingerprint density at radius 1 is 1.07 bits per heavy atom. The number of hydrogen-bond donors (Lipinski definition) is 0. The molecule has 0 fully saturated rings. The molecule has 0 saturated carbocycles. The van der Waals surface area contributed by atoms with Crippen LogP contribution in [0.1, 0.15) is 27.0 Å². The first-order chi connectivity index (χ1) is 13.7. The fourth-order valence-corrected chi connectivity index (χ4v) is 3.41. The number of amides is 1. The van der Waals surface area contributed by atoms with Crippen LogP contribution in [0.2, 0.25) is 0 Å². The Morgan fingerprint density at radius 2 is 1.82 bits per heavy atom. The minimum absolute atomic E-state index is 0.0753. The average molecular weight is 368 g/mol. The van der Waals surface area contributed by atoms with Crippen LogP contribution in [-0.2, 0) is 6.54 Å². The van der Waals surface area contributed by atoms with E-state index in [0.29, 0.717) is 24.2 Å². The maximum Gasteiger partial charge on any atom is 0.258 e. The van der Waals surface area contributed by atoms with Gasteiger partial charge in [0.2, 0.25) is 0 Å². The molecular formula is C23H20N4O. The predicted molar refractivity (Wildman–Crippen MR) is 109 cm³/mol. The minimum Gasteiger partial charge on any atom is -0.349 e. The van der Waals surface area contributed by atoms with Crippen molar-refractivity contribution >= 4 is 17.4 Å². The Morgan fingerprint density at radius 3 is 2.54 bits per heavy atom. The van der Waals surface area contributed by atoms with Gasteiger partial charge in [-0.25, -0.2) is 4.98 Å². The molecule has 1 aromatic heterocycles. The third kappa shape index (κ3) is 3.45. The summed E-state index contributed by atoms with van der Waals surface area (Å²) in [7, 11) is 0. The first kappa shape index (κ1) is 17.7. The van der Waals surface area contributed by atoms with Crippen molar-refractivity contribution in [2.24, 2.45) is 0 Å². The summed E-state index contributed by atoms with van der Waals surface area (Å²) >= 11 is 0. The van der Waals surface area contributed by atoms with Crippen molar-refractivity contribution in [1.82, 2.24) is 4.98 Å². The van der Waals surface area contributed by atoms with Gasteiger partial charge in [-0.05, 0) is 48.9 Å². The van der Waals surface area contributed by atoms with Gasteiger partial charge in [-0.15, -0.1) is 0 Å². The Hall–Kier alpha value is -3.65. The van der Waals surface area contributed by atoms with Crippen LogP contribution in [0.5, 0.6) is 0 Å². The number of carbonyl (C=O) groups is 1. The van der Waals surface area contributed by atoms with E-state index in [1.807, 2.05) is 12.1 Å². The molecule has 138 valence electrons. The van der Waals surface area contributed by atoms with Crippen LogP contribution in [0.25, 0.3) is 0 Å². The van der Waals surface area contributed by atoms with Gasteiger partial charge < -0.3 is 9.80 Å². The molecule has 1 amide bonds. The number of pyridine rings is 1. The van der Waals surface area contributed by atoms with Gasteiger partial charge in [-0.3, -0.25) is 4.79 Å². The summed E-state index contributed by atoms with van der Waals surface area (Å²) in [6.45, 7) is 4.13. The largest absolute Gasteiger partial charge is 0.349 e. The van der Waals surface area contributed by atoms with Crippen LogP contribution in [0, 0.1) is 18.3 Å². The molecule has 2 aromatic carbocycles. The van der Waals surface area contributed by atoms with E-state index in [2.05, 4.69) is 47.1 Å². The van der Waals surface area contributed by atoms with E-state index in [4.69, 9.17) is 5.26 Å². The highest BCUT2D eigenvalue weighted by molar-refractivity contribution is 6.08. The number of benzene rings is 2. The number of nitrogens with zero attached hydrogens (tertiary/aromatic N) is 4. The second-order valence-corrected chi connectivity index (χ2v) is 6.90. The number of aromatic nitrogens is 1. The smallest absolute Gasteiger partial charge is 0.258 e. The van der Waals surface area contributed by atoms with E-state index in [0.717, 1.165) is 18.1 Å². The van der Waals surface area contributed by atoms with E-state index in [9.17, 15) is 4.79 Å². The first-order valence-corrected chi connectivity index (χ1v) is 9.23. The summed E-state index contributed by atoms with van der Waals surface area (Å²) < 4.78 is 0. The fraction of sp³-hybridized carbons (Fsp3) is 0.174. The molecule has 1 aliphatic heterocycles. The van der Waals surface area contributed by atoms with E-state index >= 15 is 0 Å². The van der Waals surface area contributed by atoms with Gasteiger partial charge in [0.05, 0.1) is 17.3 Å². The normalized spacial score (nSPS) is 13.0. The number of anilines is 2. The van der Waals surface area contributed by atoms with Gasteiger partial charge in [0.25, 0.3) is 5.91 Å². The zero-order valence-corrected chi connectivity index (χ0v) is 15.7. The summed E-state index contributed by atoms with van der Waals surface area (Å²) in [4.78, 5) is 21.6. The van der Waals surface area contributed by atoms with E-state index in [-0.39, 0.29) is 5.91 Å². The summed E-state index contributed by atoms with van der Waals surface area (Å²) in [6, 6.07) is 21.1. The summed E-state index contributed by atoms with van der Waals surface area (Å²) in [5, 5.41) is 8.95. The topological polar surface area (TPSA) is 60.2 Å². The van der Waals surface area contributed by atoms with Crippen molar-refractivity contribution in [3.05, 3.63) is 89.1 Å². The third-order valence-electron chi connectivity index (χ3n) is 4.95. The molecule has 0 N–H and O–H groups in total. The van der Waals surface area contributed by atoms with Crippen molar-refractivity contribution in [3.8, 4) is 6.07 Å². The van der Waals surface area contributed by atoms with Crippen molar-refractivity contribution in [2.45, 2.75) is 13.5 Å². The minimum atomic E-state index is -0.0753. The number of carbonyl (C=O) groups excluding carboxylic acids is 1. The fourth-order valence-electron chi connectivity index (χ4n) is 3.41. The van der Waals surface area contributed by atoms with Crippen molar-refractivity contribution in [1.29, 1.82) is 5.26 Å². The molecular weight excluding hydrogens is 348 g/mol. The van der Waals surface area contributed by atoms with Gasteiger partial charge in [-0.2, -0.15) is 5.26 Å². The number of nitriles is 1. The lowest BCUT2D eigenvalue weighted by atomic mass is 10.1. The quantitative estimate of drug-likeness (QED) is 0.703. The molecule has 0 aliphatic carbocycles. The molecule has 0 unspecified atom stereocenters. The Labute approximate surface area is 164 Å². The van der Waals surface area contributed by atoms with Gasteiger partial charge >= 0.3 is 0 Å². The Kier molecular flexibility index (Phi) is 4.77. The second kappa shape index (κ2) is 7.53. The molecule has 3 aromatic rings. The van der Waals surface area contributed by atoms with Crippen LogP contribution < -0.4 is 9.80 Å². The number of fused-ring (bicyclic) bond motifs is 1. The van der Waals surface area contributed by atoms with Gasteiger partial charge in [0, 0.05) is 31.4 Å². The SMILES string of the molecule is Cc1ccc(CN2CCN(C(=O)c3ccc(C#N)cc3)c3cccnc32)cc1. The van der Waals surface area contributed by atoms with Crippen LogP contribution in [0.4, 0.5) is 11.5 Å². The number of aryl methyl sites for hydroxylation is 1. The highest BCUT2D eigenvalue weighted by Crippen LogP contribution is 2.32. The lowest BCUT2D eigenvalue weighted by Crippen LogP contribution is -2.44. The van der Waals surface area contributed by atoms with Gasteiger partial charge in [0.1, 0.15) is 0 Å². The zero-order chi connectivity index (χ0) is 19.5. The zero-order valence-electron chi connectivity index (χ0n) is 15.7. The lowest BCUT2D eigenvalue weighted by molar-refractivity contribution is 0.0986. The van der Waals surface area contributed by atoms with Crippen molar-refractivity contribution in [2.75, 3.05) is 22.9 Å². The highest BCUT2D eigenvalue weighted by atomic mass is 16.2. The number of rotatable bonds is 3. The van der Waals surface area contributed by atoms with E-state index in [1.54, 1.807) is 35.4 Å². The average Bonchev–Trinajstić information content (AvgIpc) is 2.75. The van der Waals surface area contributed by atoms with Gasteiger partial charge in [-0.1, -0.05) is 29.8 Å². The first-order valence-electron chi connectivity index (χ1n) is 9.23. The van der Waals surface area contributed by atoms with Crippen LogP contribution in [0.15, 0.2) is 66.9 Å². The summed E-state index contributed by atoms with van der Waals surface area (Å²) in [5.74, 6) is 0.741. The maximum atomic E-state index is 13.1. The van der Waals surface area contributed by atoms with Crippen molar-refractivity contribution < 1.29 is 4.79 Å². The van der Waals surface area contributed by atoms with Crippen LogP contribution in [-0.4, -0.2) is 24.0 Å². The summed E-state index contributed by atoms with van der Waals surface area (Å²) in [5.41, 5.74) is 4.38. The maximum absolute atomic E-state index is 13.1. The van der Waals surface area contributed by atoms with Crippen molar-refractivity contribution in [3.63, 3.8) is 0 Å². The Balaban J connectivity index is 1.61. The standard InChI is InChI=1S/C23H20N4O/c1-17-4-6-19(7-5-17)16-26-13-14-27(21-3-2-12-25-22(21)26)23(28)20-10-8-18(15-24)9-11-20/h2-12H,13-14,16H2,1H3. The molecule has 0 saturated heterocycles. The molecule has 0 spiro atoms. The second-order valence-electron chi connectivity index (χ2n) is 6.90. The number of hydrogen-bond acceptors (Lipinski definition) is 4. The van der Waals surface area contributed by atoms with Crippen LogP contribution in [0.3, 0.4) is 0 Å². The molecule has 1 aliphatic rings. The van der Waals surface area contributed by atoms with E-state index < -0.39 is 0 Å². The molecule has 5 heteroatoms. The molecule has 5 nitrogen and oxygen atoms in total. The lowest BCUT2D eigenvalue weighted by Gasteiger charge is -2.36.